The van der Waals surface area contributed by atoms with Gasteiger partial charge in [0, 0.05) is 24.7 Å². The van der Waals surface area contributed by atoms with Crippen LogP contribution in [0, 0.1) is 5.82 Å². The molecular formula is C24H26FNO6S. The normalized spacial score (nSPS) is 15.2. The number of benzene rings is 2. The van der Waals surface area contributed by atoms with Crippen LogP contribution in [-0.2, 0) is 19.6 Å². The van der Waals surface area contributed by atoms with Gasteiger partial charge in [-0.15, -0.1) is 0 Å². The van der Waals surface area contributed by atoms with E-state index in [0.717, 1.165) is 43.9 Å². The summed E-state index contributed by atoms with van der Waals surface area (Å²) in [6.45, 7) is 0.423. The van der Waals surface area contributed by atoms with Gasteiger partial charge in [0.05, 0.1) is 7.11 Å². The number of carbonyl (C=O) groups is 2. The van der Waals surface area contributed by atoms with E-state index in [1.807, 2.05) is 0 Å². The van der Waals surface area contributed by atoms with Gasteiger partial charge in [-0.05, 0) is 60.9 Å². The summed E-state index contributed by atoms with van der Waals surface area (Å²) >= 11 is 0. The van der Waals surface area contributed by atoms with Gasteiger partial charge in [-0.25, -0.2) is 17.6 Å². The summed E-state index contributed by atoms with van der Waals surface area (Å²) in [6, 6.07) is 9.52. The number of halogens is 1. The second kappa shape index (κ2) is 11.2. The summed E-state index contributed by atoms with van der Waals surface area (Å²) in [7, 11) is -2.35. The molecule has 1 heterocycles. The van der Waals surface area contributed by atoms with E-state index >= 15 is 0 Å². The molecule has 0 aromatic heterocycles. The first-order valence-electron chi connectivity index (χ1n) is 10.6. The van der Waals surface area contributed by atoms with Gasteiger partial charge in [0.25, 0.3) is 0 Å². The quantitative estimate of drug-likeness (QED) is 0.327. The Labute approximate surface area is 192 Å². The van der Waals surface area contributed by atoms with Crippen LogP contribution in [0.3, 0.4) is 0 Å². The summed E-state index contributed by atoms with van der Waals surface area (Å²) in [4.78, 5) is 24.1. The standard InChI is InChI=1S/C24H26FNO6S/c1-31-22-12-6-18(16-23(22)33(29,30)26-14-4-2-3-5-15-26)7-13-24(28)32-17-21(27)19-8-10-20(25)11-9-19/h6-13,16H,2-5,14-15,17H2,1H3/b13-7-. The monoisotopic (exact) mass is 475 g/mol. The topological polar surface area (TPSA) is 90.0 Å². The zero-order valence-corrected chi connectivity index (χ0v) is 19.1. The Hall–Kier alpha value is -3.04. The summed E-state index contributed by atoms with van der Waals surface area (Å²) in [6.07, 6.45) is 6.14. The maximum absolute atomic E-state index is 13.2. The number of sulfonamides is 1. The van der Waals surface area contributed by atoms with Gasteiger partial charge < -0.3 is 9.47 Å². The highest BCUT2D eigenvalue weighted by molar-refractivity contribution is 7.89. The predicted octanol–water partition coefficient (Wildman–Crippen LogP) is 3.84. The molecule has 1 saturated heterocycles. The molecule has 0 amide bonds. The highest BCUT2D eigenvalue weighted by Gasteiger charge is 2.28. The molecule has 1 fully saturated rings. The van der Waals surface area contributed by atoms with Crippen molar-refractivity contribution in [1.29, 1.82) is 0 Å². The third-order valence-electron chi connectivity index (χ3n) is 5.29. The fourth-order valence-corrected chi connectivity index (χ4v) is 5.20. The predicted molar refractivity (Wildman–Crippen MR) is 121 cm³/mol. The van der Waals surface area contributed by atoms with E-state index in [-0.39, 0.29) is 16.2 Å². The number of hydrogen-bond acceptors (Lipinski definition) is 6. The molecule has 0 bridgehead atoms. The zero-order chi connectivity index (χ0) is 23.8. The van der Waals surface area contributed by atoms with E-state index in [1.165, 1.54) is 41.8 Å². The number of methoxy groups -OCH3 is 1. The molecule has 0 N–H and O–H groups in total. The molecule has 2 aromatic carbocycles. The molecule has 33 heavy (non-hydrogen) atoms. The molecule has 2 aromatic rings. The van der Waals surface area contributed by atoms with Crippen LogP contribution in [-0.4, -0.2) is 51.3 Å². The van der Waals surface area contributed by atoms with E-state index in [2.05, 4.69) is 0 Å². The van der Waals surface area contributed by atoms with Crippen LogP contribution in [0.25, 0.3) is 6.08 Å². The molecular weight excluding hydrogens is 449 g/mol. The minimum Gasteiger partial charge on any atom is -0.495 e. The Kier molecular flexibility index (Phi) is 8.35. The first kappa shape index (κ1) is 24.6. The van der Waals surface area contributed by atoms with Crippen molar-refractivity contribution in [2.24, 2.45) is 0 Å². The molecule has 176 valence electrons. The van der Waals surface area contributed by atoms with Crippen LogP contribution in [0.5, 0.6) is 5.75 Å². The van der Waals surface area contributed by atoms with Gasteiger partial charge in [-0.3, -0.25) is 4.79 Å². The van der Waals surface area contributed by atoms with Crippen molar-refractivity contribution < 1.29 is 31.9 Å². The molecule has 0 radical (unpaired) electrons. The second-order valence-electron chi connectivity index (χ2n) is 7.60. The molecule has 0 spiro atoms. The first-order valence-corrected chi connectivity index (χ1v) is 12.1. The second-order valence-corrected chi connectivity index (χ2v) is 9.51. The van der Waals surface area contributed by atoms with Crippen LogP contribution < -0.4 is 4.74 Å². The number of nitrogens with zero attached hydrogens (tertiary/aromatic N) is 1. The van der Waals surface area contributed by atoms with Crippen LogP contribution in [0.15, 0.2) is 53.4 Å². The lowest BCUT2D eigenvalue weighted by atomic mass is 10.1. The molecule has 3 rings (SSSR count). The largest absolute Gasteiger partial charge is 0.495 e. The highest BCUT2D eigenvalue weighted by atomic mass is 32.2. The lowest BCUT2D eigenvalue weighted by Gasteiger charge is -2.21. The summed E-state index contributed by atoms with van der Waals surface area (Å²) < 4.78 is 51.1. The van der Waals surface area contributed by atoms with E-state index < -0.39 is 34.2 Å². The first-order chi connectivity index (χ1) is 15.8. The van der Waals surface area contributed by atoms with Crippen molar-refractivity contribution in [3.05, 3.63) is 65.5 Å². The van der Waals surface area contributed by atoms with E-state index in [4.69, 9.17) is 9.47 Å². The van der Waals surface area contributed by atoms with Crippen LogP contribution in [0.1, 0.15) is 41.6 Å². The van der Waals surface area contributed by atoms with E-state index in [9.17, 15) is 22.4 Å². The smallest absolute Gasteiger partial charge is 0.331 e. The number of carbonyl (C=O) groups excluding carboxylic acids is 2. The average molecular weight is 476 g/mol. The molecule has 0 saturated carbocycles. The van der Waals surface area contributed by atoms with Crippen molar-refractivity contribution >= 4 is 27.9 Å². The maximum atomic E-state index is 13.2. The van der Waals surface area contributed by atoms with Gasteiger partial charge in [-0.1, -0.05) is 18.9 Å². The Morgan fingerprint density at radius 3 is 2.33 bits per heavy atom. The van der Waals surface area contributed by atoms with Crippen LogP contribution in [0.4, 0.5) is 4.39 Å². The van der Waals surface area contributed by atoms with Gasteiger partial charge in [0.1, 0.15) is 16.5 Å². The Balaban J connectivity index is 1.69. The van der Waals surface area contributed by atoms with Gasteiger partial charge in [-0.2, -0.15) is 4.31 Å². The molecule has 9 heteroatoms. The van der Waals surface area contributed by atoms with Crippen molar-refractivity contribution in [2.45, 2.75) is 30.6 Å². The lowest BCUT2D eigenvalue weighted by Crippen LogP contribution is -2.32. The Bertz CT molecular complexity index is 1120. The van der Waals surface area contributed by atoms with Gasteiger partial charge in [0.2, 0.25) is 10.0 Å². The number of rotatable bonds is 8. The van der Waals surface area contributed by atoms with Gasteiger partial charge >= 0.3 is 5.97 Å². The minimum atomic E-state index is -3.76. The van der Waals surface area contributed by atoms with Crippen molar-refractivity contribution in [3.8, 4) is 5.75 Å². The highest BCUT2D eigenvalue weighted by Crippen LogP contribution is 2.29. The lowest BCUT2D eigenvalue weighted by molar-refractivity contribution is -0.136. The van der Waals surface area contributed by atoms with Crippen LogP contribution >= 0.6 is 0 Å². The van der Waals surface area contributed by atoms with Gasteiger partial charge in [0.15, 0.2) is 12.4 Å². The SMILES string of the molecule is COc1ccc(/C=C\C(=O)OCC(=O)c2ccc(F)cc2)cc1S(=O)(=O)N1CCCCCC1. The number of esters is 1. The Morgan fingerprint density at radius 2 is 1.70 bits per heavy atom. The maximum Gasteiger partial charge on any atom is 0.331 e. The zero-order valence-electron chi connectivity index (χ0n) is 18.3. The average Bonchev–Trinajstić information content (AvgIpc) is 3.12. The number of ether oxygens (including phenoxy) is 2. The fourth-order valence-electron chi connectivity index (χ4n) is 3.49. The summed E-state index contributed by atoms with van der Waals surface area (Å²) in [5, 5.41) is 0. The number of Topliss-reactive ketones (excluding diaryl/α,β-unsaturated/α-hetero) is 1. The summed E-state index contributed by atoms with van der Waals surface area (Å²) in [5.41, 5.74) is 0.692. The minimum absolute atomic E-state index is 0.0360. The molecule has 0 unspecified atom stereocenters. The molecule has 0 atom stereocenters. The third kappa shape index (κ3) is 6.49. The van der Waals surface area contributed by atoms with Crippen molar-refractivity contribution in [3.63, 3.8) is 0 Å². The molecule has 0 aliphatic carbocycles. The fraction of sp³-hybridized carbons (Fsp3) is 0.333. The third-order valence-corrected chi connectivity index (χ3v) is 7.21. The van der Waals surface area contributed by atoms with E-state index in [0.29, 0.717) is 18.7 Å². The van der Waals surface area contributed by atoms with Crippen molar-refractivity contribution in [1.82, 2.24) is 4.31 Å². The number of ketones is 1. The molecule has 1 aliphatic rings. The molecule has 1 aliphatic heterocycles. The van der Waals surface area contributed by atoms with Crippen LogP contribution in [0.2, 0.25) is 0 Å². The Morgan fingerprint density at radius 1 is 1.03 bits per heavy atom. The van der Waals surface area contributed by atoms with Crippen molar-refractivity contribution in [2.75, 3.05) is 26.8 Å². The summed E-state index contributed by atoms with van der Waals surface area (Å²) in [5.74, 6) is -1.47. The molecule has 7 nitrogen and oxygen atoms in total. The van der Waals surface area contributed by atoms with E-state index in [1.54, 1.807) is 6.07 Å². The number of hydrogen-bond donors (Lipinski definition) is 0.